The molecule has 8 heteroatoms. The van der Waals surface area contributed by atoms with E-state index in [0.29, 0.717) is 20.7 Å². The van der Waals surface area contributed by atoms with Gasteiger partial charge < -0.3 is 10.2 Å². The van der Waals surface area contributed by atoms with Crippen LogP contribution < -0.4 is 5.56 Å². The molecule has 6 nitrogen and oxygen atoms in total. The lowest BCUT2D eigenvalue weighted by Crippen LogP contribution is -2.31. The molecule has 174 valence electrons. The number of nitrogens with one attached hydrogen (secondary N) is 1. The van der Waals surface area contributed by atoms with Gasteiger partial charge in [-0.25, -0.2) is 0 Å². The van der Waals surface area contributed by atoms with E-state index >= 15 is 0 Å². The predicted octanol–water partition coefficient (Wildman–Crippen LogP) is 5.32. The van der Waals surface area contributed by atoms with E-state index in [4.69, 9.17) is 11.6 Å². The van der Waals surface area contributed by atoms with Crippen LogP contribution in [0, 0.1) is 0 Å². The van der Waals surface area contributed by atoms with Gasteiger partial charge in [0.2, 0.25) is 5.88 Å². The molecule has 1 atom stereocenters. The first-order valence-corrected chi connectivity index (χ1v) is 12.3. The third kappa shape index (κ3) is 4.65. The van der Waals surface area contributed by atoms with Crippen molar-refractivity contribution in [3.05, 3.63) is 80.4 Å². The highest BCUT2D eigenvalue weighted by atomic mass is 35.5. The van der Waals surface area contributed by atoms with E-state index in [-0.39, 0.29) is 24.1 Å². The number of H-pyrrole nitrogens is 1. The smallest absolute Gasteiger partial charge is 0.258 e. The molecule has 0 saturated carbocycles. The highest BCUT2D eigenvalue weighted by Gasteiger charge is 2.23. The summed E-state index contributed by atoms with van der Waals surface area (Å²) in [5, 5.41) is 21.1. The van der Waals surface area contributed by atoms with Crippen LogP contribution in [-0.2, 0) is 6.54 Å². The molecule has 1 aliphatic rings. The third-order valence-corrected chi connectivity index (χ3v) is 7.55. The van der Waals surface area contributed by atoms with E-state index in [9.17, 15) is 15.0 Å². The number of aromatic amines is 1. The highest BCUT2D eigenvalue weighted by Crippen LogP contribution is 2.33. The number of pyridine rings is 1. The number of aromatic hydroxyl groups is 1. The molecule has 1 aliphatic heterocycles. The second kappa shape index (κ2) is 9.72. The molecule has 34 heavy (non-hydrogen) atoms. The van der Waals surface area contributed by atoms with Gasteiger partial charge in [-0.3, -0.25) is 19.7 Å². The van der Waals surface area contributed by atoms with E-state index in [0.717, 1.165) is 47.6 Å². The number of likely N-dealkylation sites (tertiary alicyclic amines) is 1. The Balaban J connectivity index is 1.43. The summed E-state index contributed by atoms with van der Waals surface area (Å²) >= 11 is 7.54. The number of halogens is 1. The van der Waals surface area contributed by atoms with Crippen LogP contribution in [0.4, 0.5) is 5.69 Å². The Morgan fingerprint density at radius 1 is 1.15 bits per heavy atom. The van der Waals surface area contributed by atoms with Gasteiger partial charge in [0.25, 0.3) is 5.56 Å². The van der Waals surface area contributed by atoms with Gasteiger partial charge in [-0.1, -0.05) is 29.8 Å². The van der Waals surface area contributed by atoms with E-state index in [1.807, 2.05) is 48.5 Å². The maximum Gasteiger partial charge on any atom is 0.258 e. The van der Waals surface area contributed by atoms with Crippen LogP contribution in [-0.4, -0.2) is 45.5 Å². The quantitative estimate of drug-likeness (QED) is 0.317. The first kappa shape index (κ1) is 22.8. The van der Waals surface area contributed by atoms with Crippen molar-refractivity contribution in [3.8, 4) is 16.3 Å². The second-order valence-electron chi connectivity index (χ2n) is 8.45. The predicted molar refractivity (Wildman–Crippen MR) is 139 cm³/mol. The SMILES string of the molecule is O=c1[nH]c(O)c(C=Nc2ccc(CN3CCCC3CO)cc2)c2cc(-c3ccc(Cl)s3)ccc12. The Bertz CT molecular complexity index is 1410. The number of nitrogens with zero attached hydrogens (tertiary/aromatic N) is 2. The number of rotatable bonds is 6. The average molecular weight is 494 g/mol. The topological polar surface area (TPSA) is 88.9 Å². The highest BCUT2D eigenvalue weighted by molar-refractivity contribution is 7.19. The molecule has 4 aromatic rings. The number of benzene rings is 2. The Hall–Kier alpha value is -2.97. The summed E-state index contributed by atoms with van der Waals surface area (Å²) in [5.41, 5.74) is 2.91. The Morgan fingerprint density at radius 3 is 2.71 bits per heavy atom. The molecule has 3 N–H and O–H groups in total. The van der Waals surface area contributed by atoms with Gasteiger partial charge in [0.15, 0.2) is 0 Å². The molecule has 0 spiro atoms. The number of aliphatic imine (C=N–C) groups is 1. The van der Waals surface area contributed by atoms with Crippen molar-refractivity contribution in [1.29, 1.82) is 0 Å². The number of hydrogen-bond donors (Lipinski definition) is 3. The largest absolute Gasteiger partial charge is 0.494 e. The summed E-state index contributed by atoms with van der Waals surface area (Å²) in [6.07, 6.45) is 3.73. The van der Waals surface area contributed by atoms with Gasteiger partial charge >= 0.3 is 0 Å². The first-order valence-electron chi connectivity index (χ1n) is 11.1. The number of thiophene rings is 1. The Morgan fingerprint density at radius 2 is 1.97 bits per heavy atom. The van der Waals surface area contributed by atoms with E-state index in [1.165, 1.54) is 11.3 Å². The fourth-order valence-corrected chi connectivity index (χ4v) is 5.50. The molecule has 1 fully saturated rings. The van der Waals surface area contributed by atoms with Gasteiger partial charge in [-0.2, -0.15) is 0 Å². The molecule has 5 rings (SSSR count). The number of hydrogen-bond acceptors (Lipinski definition) is 6. The molecular weight excluding hydrogens is 470 g/mol. The Labute approximate surface area is 205 Å². The van der Waals surface area contributed by atoms with Crippen molar-refractivity contribution < 1.29 is 10.2 Å². The van der Waals surface area contributed by atoms with Crippen LogP contribution in [0.1, 0.15) is 24.0 Å². The van der Waals surface area contributed by atoms with E-state index < -0.39 is 0 Å². The normalized spacial score (nSPS) is 16.7. The summed E-state index contributed by atoms with van der Waals surface area (Å²) in [4.78, 5) is 22.7. The molecule has 2 aromatic carbocycles. The molecule has 3 heterocycles. The standard InChI is InChI=1S/C26H24ClN3O3S/c27-24-10-9-23(34-24)17-5-8-20-21(12-17)22(26(33)29-25(20)32)13-28-18-6-3-16(4-7-18)14-30-11-1-2-19(30)15-31/h3-10,12-13,19,31H,1-2,11,14-15H2,(H2,29,32,33). The summed E-state index contributed by atoms with van der Waals surface area (Å²) < 4.78 is 0.686. The lowest BCUT2D eigenvalue weighted by molar-refractivity contribution is 0.153. The first-order chi connectivity index (χ1) is 16.5. The zero-order valence-corrected chi connectivity index (χ0v) is 19.9. The van der Waals surface area contributed by atoms with Crippen molar-refractivity contribution in [2.24, 2.45) is 4.99 Å². The molecule has 1 unspecified atom stereocenters. The van der Waals surface area contributed by atoms with Gasteiger partial charge in [0.05, 0.1) is 22.2 Å². The third-order valence-electron chi connectivity index (χ3n) is 6.27. The molecule has 2 aromatic heterocycles. The summed E-state index contributed by atoms with van der Waals surface area (Å²) in [5.74, 6) is -0.219. The van der Waals surface area contributed by atoms with Crippen molar-refractivity contribution >= 4 is 45.6 Å². The van der Waals surface area contributed by atoms with Gasteiger partial charge in [0, 0.05) is 34.5 Å². The van der Waals surface area contributed by atoms with E-state index in [1.54, 1.807) is 12.3 Å². The average Bonchev–Trinajstić information content (AvgIpc) is 3.48. The molecule has 0 aliphatic carbocycles. The number of aliphatic hydroxyl groups is 1. The molecule has 0 amide bonds. The van der Waals surface area contributed by atoms with E-state index in [2.05, 4.69) is 14.9 Å². The van der Waals surface area contributed by atoms with Gasteiger partial charge in [-0.05, 0) is 66.9 Å². The molecule has 0 radical (unpaired) electrons. The Kier molecular flexibility index (Phi) is 6.52. The van der Waals surface area contributed by atoms with Crippen LogP contribution in [0.25, 0.3) is 21.2 Å². The van der Waals surface area contributed by atoms with Crippen molar-refractivity contribution in [2.75, 3.05) is 13.2 Å². The fraction of sp³-hybridized carbons (Fsp3) is 0.231. The minimum Gasteiger partial charge on any atom is -0.494 e. The van der Waals surface area contributed by atoms with Crippen LogP contribution >= 0.6 is 22.9 Å². The molecule has 0 bridgehead atoms. The van der Waals surface area contributed by atoms with Gasteiger partial charge in [0.1, 0.15) is 0 Å². The van der Waals surface area contributed by atoms with Crippen molar-refractivity contribution in [2.45, 2.75) is 25.4 Å². The van der Waals surface area contributed by atoms with Crippen LogP contribution in [0.2, 0.25) is 4.34 Å². The number of fused-ring (bicyclic) bond motifs is 1. The second-order valence-corrected chi connectivity index (χ2v) is 10.2. The van der Waals surface area contributed by atoms with Crippen molar-refractivity contribution in [3.63, 3.8) is 0 Å². The maximum absolute atomic E-state index is 12.4. The molecular formula is C26H24ClN3O3S. The van der Waals surface area contributed by atoms with Crippen LogP contribution in [0.5, 0.6) is 5.88 Å². The van der Waals surface area contributed by atoms with Crippen LogP contribution in [0.3, 0.4) is 0 Å². The minimum absolute atomic E-state index is 0.195. The summed E-state index contributed by atoms with van der Waals surface area (Å²) in [6.45, 7) is 2.00. The molecule has 1 saturated heterocycles. The van der Waals surface area contributed by atoms with Crippen molar-refractivity contribution in [1.82, 2.24) is 9.88 Å². The lowest BCUT2D eigenvalue weighted by Gasteiger charge is -2.22. The lowest BCUT2D eigenvalue weighted by atomic mass is 10.0. The zero-order chi connectivity index (χ0) is 23.7. The maximum atomic E-state index is 12.4. The fourth-order valence-electron chi connectivity index (χ4n) is 4.46. The summed E-state index contributed by atoms with van der Waals surface area (Å²) in [6, 6.07) is 17.4. The monoisotopic (exact) mass is 493 g/mol. The van der Waals surface area contributed by atoms with Crippen LogP contribution in [0.15, 0.2) is 64.4 Å². The zero-order valence-electron chi connectivity index (χ0n) is 18.4. The minimum atomic E-state index is -0.354. The summed E-state index contributed by atoms with van der Waals surface area (Å²) in [7, 11) is 0. The number of aromatic nitrogens is 1. The van der Waals surface area contributed by atoms with Gasteiger partial charge in [-0.15, -0.1) is 11.3 Å². The number of aliphatic hydroxyl groups excluding tert-OH is 1.